The summed E-state index contributed by atoms with van der Waals surface area (Å²) in [4.78, 5) is 12.0. The third-order valence-electron chi connectivity index (χ3n) is 2.90. The molecule has 100 valence electrons. The molecule has 0 fully saturated rings. The number of hydrogen-bond acceptors (Lipinski definition) is 2. The second-order valence-electron chi connectivity index (χ2n) is 4.25. The number of benzene rings is 1. The minimum atomic E-state index is -0.716. The molecule has 0 aliphatic rings. The second kappa shape index (κ2) is 6.04. The van der Waals surface area contributed by atoms with E-state index in [2.05, 4.69) is 21.2 Å². The van der Waals surface area contributed by atoms with Gasteiger partial charge in [0.2, 0.25) is 0 Å². The maximum Gasteiger partial charge on any atom is 0.252 e. The van der Waals surface area contributed by atoms with Crippen LogP contribution in [-0.2, 0) is 7.05 Å². The Bertz CT molecular complexity index is 580. The Morgan fingerprint density at radius 2 is 2.11 bits per heavy atom. The molecular formula is C14H15BrN2O2. The van der Waals surface area contributed by atoms with E-state index in [1.54, 1.807) is 12.1 Å². The molecular weight excluding hydrogens is 308 g/mol. The summed E-state index contributed by atoms with van der Waals surface area (Å²) in [6, 6.07) is 10.9. The number of carbonyl (C=O) groups excluding carboxylic acids is 1. The molecule has 1 amide bonds. The van der Waals surface area contributed by atoms with E-state index < -0.39 is 6.10 Å². The molecule has 0 aliphatic heterocycles. The summed E-state index contributed by atoms with van der Waals surface area (Å²) in [6.07, 6.45) is 1.14. The van der Waals surface area contributed by atoms with Crippen LogP contribution >= 0.6 is 15.9 Å². The molecule has 2 aromatic rings. The SMILES string of the molecule is Cn1cccc1[C@@H](O)CNC(=O)c1ccccc1Br. The molecule has 5 heteroatoms. The molecule has 1 heterocycles. The van der Waals surface area contributed by atoms with Crippen molar-refractivity contribution in [1.82, 2.24) is 9.88 Å². The van der Waals surface area contributed by atoms with Crippen LogP contribution in [0.4, 0.5) is 0 Å². The first kappa shape index (κ1) is 13.8. The fraction of sp³-hybridized carbons (Fsp3) is 0.214. The highest BCUT2D eigenvalue weighted by atomic mass is 79.9. The van der Waals surface area contributed by atoms with E-state index in [0.717, 1.165) is 10.2 Å². The van der Waals surface area contributed by atoms with E-state index in [9.17, 15) is 9.90 Å². The average molecular weight is 323 g/mol. The van der Waals surface area contributed by atoms with Crippen molar-refractivity contribution in [2.75, 3.05) is 6.54 Å². The lowest BCUT2D eigenvalue weighted by atomic mass is 10.2. The molecule has 0 saturated heterocycles. The summed E-state index contributed by atoms with van der Waals surface area (Å²) in [5, 5.41) is 12.7. The van der Waals surface area contributed by atoms with E-state index in [-0.39, 0.29) is 12.5 Å². The lowest BCUT2D eigenvalue weighted by molar-refractivity contribution is 0.0911. The Balaban J connectivity index is 1.98. The molecule has 2 N–H and O–H groups in total. The maximum absolute atomic E-state index is 12.0. The van der Waals surface area contributed by atoms with Crippen LogP contribution in [0.1, 0.15) is 22.2 Å². The van der Waals surface area contributed by atoms with Gasteiger partial charge in [-0.2, -0.15) is 0 Å². The van der Waals surface area contributed by atoms with Gasteiger partial charge in [-0.3, -0.25) is 4.79 Å². The van der Waals surface area contributed by atoms with Crippen molar-refractivity contribution >= 4 is 21.8 Å². The average Bonchev–Trinajstić information content (AvgIpc) is 2.82. The van der Waals surface area contributed by atoms with Gasteiger partial charge in [0.05, 0.1) is 5.56 Å². The predicted molar refractivity (Wildman–Crippen MR) is 76.8 cm³/mol. The van der Waals surface area contributed by atoms with Crippen LogP contribution < -0.4 is 5.32 Å². The van der Waals surface area contributed by atoms with Crippen molar-refractivity contribution < 1.29 is 9.90 Å². The van der Waals surface area contributed by atoms with Crippen molar-refractivity contribution in [3.8, 4) is 0 Å². The van der Waals surface area contributed by atoms with Gasteiger partial charge in [-0.25, -0.2) is 0 Å². The molecule has 4 nitrogen and oxygen atoms in total. The zero-order chi connectivity index (χ0) is 13.8. The number of amides is 1. The van der Waals surface area contributed by atoms with Crippen LogP contribution in [0.5, 0.6) is 0 Å². The van der Waals surface area contributed by atoms with Crippen LogP contribution in [0.3, 0.4) is 0 Å². The zero-order valence-electron chi connectivity index (χ0n) is 10.5. The molecule has 1 aromatic heterocycles. The van der Waals surface area contributed by atoms with Gasteiger partial charge in [0.15, 0.2) is 0 Å². The number of aromatic nitrogens is 1. The zero-order valence-corrected chi connectivity index (χ0v) is 12.1. The predicted octanol–water partition coefficient (Wildman–Crippen LogP) is 2.25. The molecule has 0 aliphatic carbocycles. The summed E-state index contributed by atoms with van der Waals surface area (Å²) in [6.45, 7) is 0.179. The third-order valence-corrected chi connectivity index (χ3v) is 3.59. The molecule has 1 aromatic carbocycles. The van der Waals surface area contributed by atoms with E-state index in [1.807, 2.05) is 42.1 Å². The number of nitrogens with zero attached hydrogens (tertiary/aromatic N) is 1. The summed E-state index contributed by atoms with van der Waals surface area (Å²) < 4.78 is 2.57. The summed E-state index contributed by atoms with van der Waals surface area (Å²) in [5.41, 5.74) is 1.33. The first-order valence-electron chi connectivity index (χ1n) is 5.91. The molecule has 1 atom stereocenters. The van der Waals surface area contributed by atoms with Crippen molar-refractivity contribution in [1.29, 1.82) is 0 Å². The number of halogens is 1. The number of rotatable bonds is 4. The van der Waals surface area contributed by atoms with Gasteiger partial charge in [-0.1, -0.05) is 12.1 Å². The van der Waals surface area contributed by atoms with Gasteiger partial charge in [0, 0.05) is 30.0 Å². The van der Waals surface area contributed by atoms with Crippen LogP contribution in [-0.4, -0.2) is 22.1 Å². The Morgan fingerprint density at radius 1 is 1.37 bits per heavy atom. The highest BCUT2D eigenvalue weighted by molar-refractivity contribution is 9.10. The molecule has 0 radical (unpaired) electrons. The van der Waals surface area contributed by atoms with Crippen molar-refractivity contribution in [2.45, 2.75) is 6.10 Å². The fourth-order valence-corrected chi connectivity index (χ4v) is 2.32. The lowest BCUT2D eigenvalue weighted by Crippen LogP contribution is -2.29. The third kappa shape index (κ3) is 3.24. The van der Waals surface area contributed by atoms with Crippen LogP contribution in [0.25, 0.3) is 0 Å². The monoisotopic (exact) mass is 322 g/mol. The Kier molecular flexibility index (Phi) is 4.39. The van der Waals surface area contributed by atoms with Gasteiger partial charge < -0.3 is 15.0 Å². The largest absolute Gasteiger partial charge is 0.385 e. The van der Waals surface area contributed by atoms with Crippen LogP contribution in [0, 0.1) is 0 Å². The second-order valence-corrected chi connectivity index (χ2v) is 5.10. The highest BCUT2D eigenvalue weighted by Gasteiger charge is 2.14. The number of hydrogen-bond donors (Lipinski definition) is 2. The first-order valence-corrected chi connectivity index (χ1v) is 6.71. The minimum absolute atomic E-state index is 0.179. The van der Waals surface area contributed by atoms with E-state index in [1.165, 1.54) is 0 Å². The van der Waals surface area contributed by atoms with Crippen molar-refractivity contribution in [3.05, 3.63) is 58.3 Å². The Morgan fingerprint density at radius 3 is 2.74 bits per heavy atom. The Labute approximate surface area is 120 Å². The summed E-state index contributed by atoms with van der Waals surface area (Å²) >= 11 is 3.33. The maximum atomic E-state index is 12.0. The van der Waals surface area contributed by atoms with Gasteiger partial charge in [-0.15, -0.1) is 0 Å². The van der Waals surface area contributed by atoms with Crippen molar-refractivity contribution in [3.63, 3.8) is 0 Å². The number of carbonyl (C=O) groups is 1. The normalized spacial score (nSPS) is 12.2. The quantitative estimate of drug-likeness (QED) is 0.907. The smallest absolute Gasteiger partial charge is 0.252 e. The van der Waals surface area contributed by atoms with Gasteiger partial charge in [-0.05, 0) is 40.2 Å². The van der Waals surface area contributed by atoms with E-state index >= 15 is 0 Å². The fourth-order valence-electron chi connectivity index (χ4n) is 1.86. The Hall–Kier alpha value is -1.59. The molecule has 0 saturated carbocycles. The minimum Gasteiger partial charge on any atom is -0.385 e. The molecule has 0 unspecified atom stereocenters. The summed E-state index contributed by atoms with van der Waals surface area (Å²) in [5.74, 6) is -0.208. The summed E-state index contributed by atoms with van der Waals surface area (Å²) in [7, 11) is 1.86. The number of nitrogens with one attached hydrogen (secondary N) is 1. The van der Waals surface area contributed by atoms with E-state index in [4.69, 9.17) is 0 Å². The lowest BCUT2D eigenvalue weighted by Gasteiger charge is -2.13. The van der Waals surface area contributed by atoms with Gasteiger partial charge in [0.1, 0.15) is 6.10 Å². The van der Waals surface area contributed by atoms with E-state index in [0.29, 0.717) is 5.56 Å². The molecule has 0 spiro atoms. The molecule has 2 rings (SSSR count). The number of aliphatic hydroxyl groups excluding tert-OH is 1. The molecule has 0 bridgehead atoms. The number of aliphatic hydroxyl groups is 1. The highest BCUT2D eigenvalue weighted by Crippen LogP contribution is 2.16. The van der Waals surface area contributed by atoms with Gasteiger partial charge >= 0.3 is 0 Å². The van der Waals surface area contributed by atoms with Gasteiger partial charge in [0.25, 0.3) is 5.91 Å². The van der Waals surface area contributed by atoms with Crippen LogP contribution in [0.15, 0.2) is 47.1 Å². The standard InChI is InChI=1S/C14H15BrN2O2/c1-17-8-4-7-12(17)13(18)9-16-14(19)10-5-2-3-6-11(10)15/h2-8,13,18H,9H2,1H3,(H,16,19)/t13-/m0/s1. The van der Waals surface area contributed by atoms with Crippen LogP contribution in [0.2, 0.25) is 0 Å². The first-order chi connectivity index (χ1) is 9.09. The number of aryl methyl sites for hydroxylation is 1. The topological polar surface area (TPSA) is 54.3 Å². The molecule has 19 heavy (non-hydrogen) atoms. The van der Waals surface area contributed by atoms with Crippen molar-refractivity contribution in [2.24, 2.45) is 7.05 Å².